The molecule has 1 aromatic carbocycles. The van der Waals surface area contributed by atoms with Crippen molar-refractivity contribution < 1.29 is 8.42 Å². The molecule has 1 aliphatic heterocycles. The van der Waals surface area contributed by atoms with Gasteiger partial charge in [-0.05, 0) is 44.7 Å². The Bertz CT molecular complexity index is 961. The molecule has 6 nitrogen and oxygen atoms in total. The molecule has 2 aromatic rings. The number of fused-ring (bicyclic) bond motifs is 1. The van der Waals surface area contributed by atoms with Gasteiger partial charge in [0, 0.05) is 29.4 Å². The maximum absolute atomic E-state index is 11.8. The molecule has 8 heteroatoms. The summed E-state index contributed by atoms with van der Waals surface area (Å²) in [6.45, 7) is 3.10. The molecule has 0 spiro atoms. The van der Waals surface area contributed by atoms with Gasteiger partial charge in [-0.1, -0.05) is 17.7 Å². The van der Waals surface area contributed by atoms with Crippen LogP contribution in [0.2, 0.25) is 5.02 Å². The lowest BCUT2D eigenvalue weighted by atomic mass is 10.0. The van der Waals surface area contributed by atoms with Crippen molar-refractivity contribution in [2.24, 2.45) is 5.14 Å². The third-order valence-corrected chi connectivity index (χ3v) is 6.40. The van der Waals surface area contributed by atoms with E-state index in [4.69, 9.17) is 26.7 Å². The van der Waals surface area contributed by atoms with Crippen LogP contribution in [0.3, 0.4) is 0 Å². The number of hydrogen-bond acceptors (Lipinski definition) is 5. The molecule has 0 radical (unpaired) electrons. The van der Waals surface area contributed by atoms with Crippen LogP contribution in [0.4, 0.5) is 5.95 Å². The zero-order chi connectivity index (χ0) is 17.8. The molecule has 2 heterocycles. The quantitative estimate of drug-likeness (QED) is 0.886. The Morgan fingerprint density at radius 3 is 2.72 bits per heavy atom. The lowest BCUT2D eigenvalue weighted by Gasteiger charge is -2.39. The number of halogens is 1. The lowest BCUT2D eigenvalue weighted by molar-refractivity contribution is 0.470. The average molecular weight is 379 g/mol. The van der Waals surface area contributed by atoms with E-state index in [0.717, 1.165) is 55.1 Å². The molecule has 1 aliphatic carbocycles. The standard InChI is InChI=1S/C17H19ClN4O2S/c1-10-7-8-22(10)17-20-14-4-2-3-12(14)16(21-17)11-5-6-13(18)15(9-11)25(19,23)24/h5-6,9-10H,2-4,7-8H2,1H3,(H2,19,23,24)/t10-/m0/s1. The van der Waals surface area contributed by atoms with Gasteiger partial charge < -0.3 is 4.90 Å². The Morgan fingerprint density at radius 2 is 2.08 bits per heavy atom. The Kier molecular flexibility index (Phi) is 3.97. The van der Waals surface area contributed by atoms with Gasteiger partial charge >= 0.3 is 0 Å². The zero-order valence-corrected chi connectivity index (χ0v) is 15.4. The minimum Gasteiger partial charge on any atom is -0.338 e. The predicted molar refractivity (Wildman–Crippen MR) is 97.3 cm³/mol. The summed E-state index contributed by atoms with van der Waals surface area (Å²) in [5.74, 6) is 0.724. The third-order valence-electron chi connectivity index (χ3n) is 5.01. The number of benzene rings is 1. The van der Waals surface area contributed by atoms with Crippen molar-refractivity contribution in [3.05, 3.63) is 34.5 Å². The highest BCUT2D eigenvalue weighted by molar-refractivity contribution is 7.89. The zero-order valence-electron chi connectivity index (χ0n) is 13.9. The summed E-state index contributed by atoms with van der Waals surface area (Å²) in [4.78, 5) is 11.6. The summed E-state index contributed by atoms with van der Waals surface area (Å²) in [7, 11) is -3.89. The van der Waals surface area contributed by atoms with E-state index in [0.29, 0.717) is 11.6 Å². The Balaban J connectivity index is 1.88. The molecule has 0 amide bonds. The van der Waals surface area contributed by atoms with E-state index in [2.05, 4.69) is 11.8 Å². The van der Waals surface area contributed by atoms with Crippen LogP contribution < -0.4 is 10.0 Å². The molecule has 4 rings (SSSR count). The van der Waals surface area contributed by atoms with Crippen LogP contribution in [0, 0.1) is 0 Å². The summed E-state index contributed by atoms with van der Waals surface area (Å²) >= 11 is 6.02. The van der Waals surface area contributed by atoms with Crippen molar-refractivity contribution in [2.75, 3.05) is 11.4 Å². The van der Waals surface area contributed by atoms with Gasteiger partial charge in [0.05, 0.1) is 10.7 Å². The van der Waals surface area contributed by atoms with E-state index in [1.54, 1.807) is 12.1 Å². The van der Waals surface area contributed by atoms with E-state index >= 15 is 0 Å². The molecular formula is C17H19ClN4O2S. The lowest BCUT2D eigenvalue weighted by Crippen LogP contribution is -2.46. The number of anilines is 1. The molecule has 1 aromatic heterocycles. The number of hydrogen-bond donors (Lipinski definition) is 1. The molecule has 1 atom stereocenters. The monoisotopic (exact) mass is 378 g/mol. The van der Waals surface area contributed by atoms with Gasteiger partial charge in [-0.3, -0.25) is 0 Å². The summed E-state index contributed by atoms with van der Waals surface area (Å²) in [5.41, 5.74) is 3.66. The smallest absolute Gasteiger partial charge is 0.239 e. The normalized spacial score (nSPS) is 19.6. The molecule has 2 aliphatic rings. The highest BCUT2D eigenvalue weighted by Crippen LogP contribution is 2.35. The van der Waals surface area contributed by atoms with Crippen molar-refractivity contribution in [2.45, 2.75) is 43.5 Å². The van der Waals surface area contributed by atoms with Crippen LogP contribution in [0.15, 0.2) is 23.1 Å². The molecule has 132 valence electrons. The van der Waals surface area contributed by atoms with E-state index in [1.165, 1.54) is 6.07 Å². The number of aromatic nitrogens is 2. The average Bonchev–Trinajstić information content (AvgIpc) is 3.00. The maximum Gasteiger partial charge on any atom is 0.239 e. The fourth-order valence-electron chi connectivity index (χ4n) is 3.47. The van der Waals surface area contributed by atoms with E-state index < -0.39 is 10.0 Å². The number of nitrogens with two attached hydrogens (primary N) is 1. The first kappa shape index (κ1) is 16.8. The van der Waals surface area contributed by atoms with Gasteiger partial charge in [0.25, 0.3) is 0 Å². The minimum absolute atomic E-state index is 0.0732. The molecule has 0 bridgehead atoms. The highest BCUT2D eigenvalue weighted by Gasteiger charge is 2.29. The summed E-state index contributed by atoms with van der Waals surface area (Å²) in [6, 6.07) is 5.30. The number of nitrogens with zero attached hydrogens (tertiary/aromatic N) is 3. The maximum atomic E-state index is 11.8. The minimum atomic E-state index is -3.89. The van der Waals surface area contributed by atoms with Crippen molar-refractivity contribution in [3.8, 4) is 11.3 Å². The predicted octanol–water partition coefficient (Wildman–Crippen LogP) is 2.53. The second-order valence-corrected chi connectivity index (χ2v) is 8.61. The molecule has 25 heavy (non-hydrogen) atoms. The SMILES string of the molecule is C[C@H]1CCN1c1nc2c(c(-c3ccc(Cl)c(S(N)(=O)=O)c3)n1)CCC2. The second-order valence-electron chi connectivity index (χ2n) is 6.67. The molecule has 1 saturated heterocycles. The number of rotatable bonds is 3. The molecular weight excluding hydrogens is 360 g/mol. The summed E-state index contributed by atoms with van der Waals surface area (Å²) < 4.78 is 23.6. The first-order valence-electron chi connectivity index (χ1n) is 8.34. The Morgan fingerprint density at radius 1 is 1.28 bits per heavy atom. The third kappa shape index (κ3) is 2.90. The number of aryl methyl sites for hydroxylation is 1. The van der Waals surface area contributed by atoms with Gasteiger partial charge in [0.15, 0.2) is 0 Å². The Labute approximate surface area is 152 Å². The van der Waals surface area contributed by atoms with Crippen LogP contribution in [0.1, 0.15) is 31.0 Å². The van der Waals surface area contributed by atoms with Gasteiger partial charge in [0.2, 0.25) is 16.0 Å². The molecule has 2 N–H and O–H groups in total. The number of sulfonamides is 1. The van der Waals surface area contributed by atoms with Gasteiger partial charge in [-0.25, -0.2) is 23.5 Å². The summed E-state index contributed by atoms with van der Waals surface area (Å²) in [6.07, 6.45) is 3.99. The fraction of sp³-hybridized carbons (Fsp3) is 0.412. The largest absolute Gasteiger partial charge is 0.338 e. The van der Waals surface area contributed by atoms with Crippen LogP contribution >= 0.6 is 11.6 Å². The van der Waals surface area contributed by atoms with Crippen LogP contribution in [0.25, 0.3) is 11.3 Å². The van der Waals surface area contributed by atoms with Crippen LogP contribution in [-0.4, -0.2) is 31.0 Å². The van der Waals surface area contributed by atoms with Gasteiger partial charge in [0.1, 0.15) is 4.90 Å². The van der Waals surface area contributed by atoms with Crippen molar-refractivity contribution in [1.29, 1.82) is 0 Å². The van der Waals surface area contributed by atoms with Crippen molar-refractivity contribution >= 4 is 27.6 Å². The summed E-state index contributed by atoms with van der Waals surface area (Å²) in [5, 5.41) is 5.41. The van der Waals surface area contributed by atoms with Crippen LogP contribution in [0.5, 0.6) is 0 Å². The molecule has 0 saturated carbocycles. The van der Waals surface area contributed by atoms with E-state index in [9.17, 15) is 8.42 Å². The Hall–Kier alpha value is -1.70. The van der Waals surface area contributed by atoms with E-state index in [-0.39, 0.29) is 9.92 Å². The fourth-order valence-corrected chi connectivity index (χ4v) is 4.54. The first-order valence-corrected chi connectivity index (χ1v) is 10.3. The van der Waals surface area contributed by atoms with Gasteiger partial charge in [-0.15, -0.1) is 0 Å². The van der Waals surface area contributed by atoms with Gasteiger partial charge in [-0.2, -0.15) is 0 Å². The van der Waals surface area contributed by atoms with Crippen molar-refractivity contribution in [3.63, 3.8) is 0 Å². The number of primary sulfonamides is 1. The molecule has 0 unspecified atom stereocenters. The topological polar surface area (TPSA) is 89.2 Å². The van der Waals surface area contributed by atoms with E-state index in [1.807, 2.05) is 0 Å². The van der Waals surface area contributed by atoms with Crippen molar-refractivity contribution in [1.82, 2.24) is 9.97 Å². The van der Waals surface area contributed by atoms with Crippen LogP contribution in [-0.2, 0) is 22.9 Å². The highest BCUT2D eigenvalue weighted by atomic mass is 35.5. The molecule has 1 fully saturated rings. The second kappa shape index (κ2) is 5.93. The first-order chi connectivity index (χ1) is 11.8.